The molecular formula is C22H23N9. The van der Waals surface area contributed by atoms with Crippen molar-refractivity contribution in [3.8, 4) is 23.0 Å². The summed E-state index contributed by atoms with van der Waals surface area (Å²) in [4.78, 5) is 20.9. The first kappa shape index (κ1) is 18.2. The predicted molar refractivity (Wildman–Crippen MR) is 115 cm³/mol. The largest absolute Gasteiger partial charge is 0.341 e. The number of rotatable bonds is 4. The molecule has 9 heteroatoms. The van der Waals surface area contributed by atoms with Gasteiger partial charge in [-0.25, -0.2) is 9.97 Å². The maximum absolute atomic E-state index is 5.09. The lowest BCUT2D eigenvalue weighted by atomic mass is 10.0. The van der Waals surface area contributed by atoms with Crippen molar-refractivity contribution < 1.29 is 0 Å². The summed E-state index contributed by atoms with van der Waals surface area (Å²) in [6, 6.07) is 4.50. The summed E-state index contributed by atoms with van der Waals surface area (Å²) in [5, 5.41) is 8.65. The van der Waals surface area contributed by atoms with Gasteiger partial charge in [0, 0.05) is 36.4 Å². The van der Waals surface area contributed by atoms with Crippen molar-refractivity contribution in [1.29, 1.82) is 0 Å². The summed E-state index contributed by atoms with van der Waals surface area (Å²) in [6.07, 6.45) is 16.7. The monoisotopic (exact) mass is 413 g/mol. The van der Waals surface area contributed by atoms with Gasteiger partial charge in [-0.3, -0.25) is 14.1 Å². The van der Waals surface area contributed by atoms with E-state index < -0.39 is 0 Å². The number of hydrogen-bond acceptors (Lipinski definition) is 7. The highest BCUT2D eigenvalue weighted by atomic mass is 15.4. The molecule has 9 nitrogen and oxygen atoms in total. The Morgan fingerprint density at radius 1 is 1.03 bits per heavy atom. The van der Waals surface area contributed by atoms with Gasteiger partial charge in [0.05, 0.1) is 12.2 Å². The summed E-state index contributed by atoms with van der Waals surface area (Å²) in [6.45, 7) is 2.20. The lowest BCUT2D eigenvalue weighted by molar-refractivity contribution is 0.468. The van der Waals surface area contributed by atoms with Crippen LogP contribution in [0.25, 0.3) is 23.0 Å². The number of pyridine rings is 1. The molecule has 0 aromatic carbocycles. The van der Waals surface area contributed by atoms with Gasteiger partial charge in [-0.2, -0.15) is 4.98 Å². The molecule has 4 aromatic heterocycles. The van der Waals surface area contributed by atoms with Crippen LogP contribution < -0.4 is 4.90 Å². The second kappa shape index (κ2) is 7.26. The minimum atomic E-state index is 0.156. The molecule has 5 heterocycles. The van der Waals surface area contributed by atoms with Crippen LogP contribution in [0.5, 0.6) is 0 Å². The van der Waals surface area contributed by atoms with E-state index in [1.807, 2.05) is 33.7 Å². The fourth-order valence-electron chi connectivity index (χ4n) is 4.93. The first-order chi connectivity index (χ1) is 15.3. The average Bonchev–Trinajstić information content (AvgIpc) is 3.59. The zero-order valence-electron chi connectivity index (χ0n) is 17.3. The summed E-state index contributed by atoms with van der Waals surface area (Å²) in [5.41, 5.74) is 1.91. The highest BCUT2D eigenvalue weighted by Gasteiger charge is 2.38. The van der Waals surface area contributed by atoms with Gasteiger partial charge in [0.25, 0.3) is 0 Å². The fourth-order valence-corrected chi connectivity index (χ4v) is 4.93. The van der Waals surface area contributed by atoms with Gasteiger partial charge in [0.2, 0.25) is 5.95 Å². The third kappa shape index (κ3) is 2.83. The summed E-state index contributed by atoms with van der Waals surface area (Å²) < 4.78 is 3.97. The minimum absolute atomic E-state index is 0.156. The smallest absolute Gasteiger partial charge is 0.237 e. The van der Waals surface area contributed by atoms with E-state index >= 15 is 0 Å². The molecule has 0 radical (unpaired) electrons. The third-order valence-electron chi connectivity index (χ3n) is 6.35. The van der Waals surface area contributed by atoms with Crippen molar-refractivity contribution in [3.05, 3.63) is 55.3 Å². The molecule has 0 saturated heterocycles. The molecule has 1 saturated carbocycles. The molecule has 2 aliphatic rings. The lowest BCUT2D eigenvalue weighted by Crippen LogP contribution is -2.42. The molecule has 0 spiro atoms. The van der Waals surface area contributed by atoms with Gasteiger partial charge in [-0.15, -0.1) is 10.2 Å². The van der Waals surface area contributed by atoms with Crippen LogP contribution in [0.4, 0.5) is 5.82 Å². The SMILES string of the molecule is CC[C@@H]1c2nncn2-c2cnc(-n3ccnc3-c3ccncc3)nc2N1C1CCCC1. The number of aromatic nitrogens is 8. The Labute approximate surface area is 179 Å². The maximum atomic E-state index is 5.09. The molecule has 1 atom stereocenters. The number of hydrogen-bond donors (Lipinski definition) is 0. The van der Waals surface area contributed by atoms with Crippen LogP contribution in [0.2, 0.25) is 0 Å². The molecule has 0 unspecified atom stereocenters. The third-order valence-corrected chi connectivity index (χ3v) is 6.35. The van der Waals surface area contributed by atoms with E-state index in [0.717, 1.165) is 35.1 Å². The molecule has 4 aromatic rings. The number of anilines is 1. The van der Waals surface area contributed by atoms with Crippen molar-refractivity contribution >= 4 is 5.82 Å². The van der Waals surface area contributed by atoms with Crippen LogP contribution in [0.1, 0.15) is 50.9 Å². The normalized spacial score (nSPS) is 18.2. The van der Waals surface area contributed by atoms with Crippen LogP contribution in [-0.4, -0.2) is 45.3 Å². The minimum Gasteiger partial charge on any atom is -0.341 e. The van der Waals surface area contributed by atoms with E-state index in [1.165, 1.54) is 25.7 Å². The van der Waals surface area contributed by atoms with E-state index in [-0.39, 0.29) is 6.04 Å². The molecule has 31 heavy (non-hydrogen) atoms. The van der Waals surface area contributed by atoms with Gasteiger partial charge in [-0.05, 0) is 31.4 Å². The second-order valence-electron chi connectivity index (χ2n) is 8.06. The highest BCUT2D eigenvalue weighted by Crippen LogP contribution is 2.42. The van der Waals surface area contributed by atoms with E-state index in [4.69, 9.17) is 9.97 Å². The van der Waals surface area contributed by atoms with E-state index in [1.54, 1.807) is 24.9 Å². The predicted octanol–water partition coefficient (Wildman–Crippen LogP) is 3.52. The Morgan fingerprint density at radius 2 is 1.87 bits per heavy atom. The van der Waals surface area contributed by atoms with Crippen LogP contribution in [0, 0.1) is 0 Å². The van der Waals surface area contributed by atoms with E-state index in [2.05, 4.69) is 32.0 Å². The second-order valence-corrected chi connectivity index (χ2v) is 8.06. The van der Waals surface area contributed by atoms with Crippen LogP contribution in [-0.2, 0) is 0 Å². The average molecular weight is 413 g/mol. The van der Waals surface area contributed by atoms with Gasteiger partial charge in [0.1, 0.15) is 17.8 Å². The number of fused-ring (bicyclic) bond motifs is 3. The summed E-state index contributed by atoms with van der Waals surface area (Å²) in [7, 11) is 0. The van der Waals surface area contributed by atoms with Crippen molar-refractivity contribution in [2.75, 3.05) is 4.90 Å². The standard InChI is InChI=1S/C22H23N9/c1-2-17-21-28-26-14-30(21)18-13-25-22(27-20(18)31(17)16-5-3-4-6-16)29-12-11-24-19(29)15-7-9-23-10-8-15/h7-14,16-17H,2-6H2,1H3/t17-/m1/s1. The van der Waals surface area contributed by atoms with Gasteiger partial charge in [0.15, 0.2) is 11.6 Å². The number of imidazole rings is 1. The van der Waals surface area contributed by atoms with Crippen molar-refractivity contribution in [2.45, 2.75) is 51.1 Å². The van der Waals surface area contributed by atoms with Gasteiger partial charge >= 0.3 is 0 Å². The van der Waals surface area contributed by atoms with Crippen LogP contribution in [0.3, 0.4) is 0 Å². The molecule has 0 bridgehead atoms. The molecule has 0 N–H and O–H groups in total. The van der Waals surface area contributed by atoms with Crippen molar-refractivity contribution in [3.63, 3.8) is 0 Å². The molecular weight excluding hydrogens is 390 g/mol. The van der Waals surface area contributed by atoms with Gasteiger partial charge in [-0.1, -0.05) is 19.8 Å². The van der Waals surface area contributed by atoms with Crippen LogP contribution in [0.15, 0.2) is 49.4 Å². The first-order valence-electron chi connectivity index (χ1n) is 10.8. The fraction of sp³-hybridized carbons (Fsp3) is 0.364. The highest BCUT2D eigenvalue weighted by molar-refractivity contribution is 5.63. The Hall–Kier alpha value is -3.62. The Bertz CT molecular complexity index is 1210. The van der Waals surface area contributed by atoms with E-state index in [9.17, 15) is 0 Å². The maximum Gasteiger partial charge on any atom is 0.237 e. The van der Waals surface area contributed by atoms with Crippen LogP contribution >= 0.6 is 0 Å². The lowest BCUT2D eigenvalue weighted by Gasteiger charge is -2.40. The molecule has 156 valence electrons. The molecule has 1 fully saturated rings. The molecule has 0 amide bonds. The van der Waals surface area contributed by atoms with Crippen molar-refractivity contribution in [1.82, 2.24) is 39.3 Å². The Balaban J connectivity index is 1.51. The Morgan fingerprint density at radius 3 is 2.68 bits per heavy atom. The topological polar surface area (TPSA) is 90.4 Å². The Kier molecular flexibility index (Phi) is 4.26. The summed E-state index contributed by atoms with van der Waals surface area (Å²) in [5.74, 6) is 3.32. The quantitative estimate of drug-likeness (QED) is 0.505. The molecule has 1 aliphatic carbocycles. The molecule has 6 rings (SSSR count). The van der Waals surface area contributed by atoms with Gasteiger partial charge < -0.3 is 4.90 Å². The summed E-state index contributed by atoms with van der Waals surface area (Å²) >= 11 is 0. The number of nitrogens with zero attached hydrogens (tertiary/aromatic N) is 9. The first-order valence-corrected chi connectivity index (χ1v) is 10.8. The van der Waals surface area contributed by atoms with E-state index in [0.29, 0.717) is 12.0 Å². The zero-order valence-corrected chi connectivity index (χ0v) is 17.3. The molecule has 1 aliphatic heterocycles. The van der Waals surface area contributed by atoms with Crippen molar-refractivity contribution in [2.24, 2.45) is 0 Å². The zero-order chi connectivity index (χ0) is 20.8.